The van der Waals surface area contributed by atoms with E-state index in [-0.39, 0.29) is 18.0 Å². The van der Waals surface area contributed by atoms with Crippen molar-refractivity contribution in [1.29, 1.82) is 0 Å². The van der Waals surface area contributed by atoms with Crippen molar-refractivity contribution in [3.05, 3.63) is 29.6 Å². The molecule has 2 atom stereocenters. The van der Waals surface area contributed by atoms with Crippen LogP contribution in [-0.2, 0) is 6.54 Å². The molecule has 2 fully saturated rings. The van der Waals surface area contributed by atoms with Crippen LogP contribution in [0.2, 0.25) is 0 Å². The molecule has 2 aliphatic carbocycles. The predicted octanol–water partition coefficient (Wildman–Crippen LogP) is 2.21. The van der Waals surface area contributed by atoms with Crippen molar-refractivity contribution in [2.45, 2.75) is 63.2 Å². The third-order valence-corrected chi connectivity index (χ3v) is 5.72. The maximum Gasteiger partial charge on any atom is 0.254 e. The molecule has 0 bridgehead atoms. The summed E-state index contributed by atoms with van der Waals surface area (Å²) in [6, 6.07) is 2.89. The Labute approximate surface area is 152 Å². The monoisotopic (exact) mass is 352 g/mol. The lowest BCUT2D eigenvalue weighted by molar-refractivity contribution is 0.0966. The lowest BCUT2D eigenvalue weighted by Gasteiger charge is -2.30. The van der Waals surface area contributed by atoms with Crippen LogP contribution in [0.1, 0.15) is 60.5 Å². The molecular weight excluding hydrogens is 328 g/mol. The Morgan fingerprint density at radius 3 is 2.88 bits per heavy atom. The van der Waals surface area contributed by atoms with Gasteiger partial charge in [0.25, 0.3) is 5.91 Å². The van der Waals surface area contributed by atoms with Crippen molar-refractivity contribution in [1.82, 2.24) is 20.1 Å². The summed E-state index contributed by atoms with van der Waals surface area (Å²) in [6.07, 6.45) is 10.7. The van der Waals surface area contributed by atoms with Crippen molar-refractivity contribution in [2.75, 3.05) is 5.32 Å². The standard InChI is InChI=1S/C19H24N6O/c20-14-3-1-2-4-15(14)23-16-7-11-8-21-19(26)17(11)18(24-16)12-9-22-25(10-12)13-5-6-13/h7,9-10,13-15H,1-6,8,20H2,(H,21,26)(H,23,24)/t14-,15+/m0/s1. The molecule has 0 saturated heterocycles. The van der Waals surface area contributed by atoms with Crippen LogP contribution >= 0.6 is 0 Å². The normalized spacial score (nSPS) is 25.0. The van der Waals surface area contributed by atoms with Crippen LogP contribution < -0.4 is 16.4 Å². The molecule has 3 aliphatic rings. The van der Waals surface area contributed by atoms with E-state index in [0.717, 1.165) is 35.5 Å². The number of carbonyl (C=O) groups excluding carboxylic acids is 1. The van der Waals surface area contributed by atoms with Crippen LogP contribution in [0.5, 0.6) is 0 Å². The van der Waals surface area contributed by atoms with Gasteiger partial charge in [0.15, 0.2) is 0 Å². The number of anilines is 1. The molecule has 7 heteroatoms. The molecule has 2 aromatic rings. The van der Waals surface area contributed by atoms with Gasteiger partial charge in [0.2, 0.25) is 0 Å². The summed E-state index contributed by atoms with van der Waals surface area (Å²) in [6.45, 7) is 0.547. The number of rotatable bonds is 4. The van der Waals surface area contributed by atoms with Crippen molar-refractivity contribution in [3.8, 4) is 11.3 Å². The molecule has 0 aromatic carbocycles. The van der Waals surface area contributed by atoms with Crippen LogP contribution in [0, 0.1) is 0 Å². The van der Waals surface area contributed by atoms with E-state index >= 15 is 0 Å². The number of nitrogens with one attached hydrogen (secondary N) is 2. The molecule has 1 aliphatic heterocycles. The van der Waals surface area contributed by atoms with Gasteiger partial charge in [-0.3, -0.25) is 9.48 Å². The summed E-state index contributed by atoms with van der Waals surface area (Å²) in [7, 11) is 0. The van der Waals surface area contributed by atoms with Gasteiger partial charge in [-0.25, -0.2) is 4.98 Å². The Balaban J connectivity index is 1.52. The Kier molecular flexibility index (Phi) is 3.70. The highest BCUT2D eigenvalue weighted by atomic mass is 16.1. The van der Waals surface area contributed by atoms with E-state index in [1.807, 2.05) is 23.1 Å². The Bertz CT molecular complexity index is 856. The zero-order valence-electron chi connectivity index (χ0n) is 14.7. The van der Waals surface area contributed by atoms with E-state index in [0.29, 0.717) is 18.2 Å². The minimum atomic E-state index is -0.0532. The summed E-state index contributed by atoms with van der Waals surface area (Å²) in [4.78, 5) is 17.2. The van der Waals surface area contributed by atoms with Crippen molar-refractivity contribution >= 4 is 11.7 Å². The Hall–Kier alpha value is -2.41. The van der Waals surface area contributed by atoms with E-state index in [1.54, 1.807) is 0 Å². The number of nitrogens with zero attached hydrogens (tertiary/aromatic N) is 3. The maximum absolute atomic E-state index is 12.3. The van der Waals surface area contributed by atoms with E-state index < -0.39 is 0 Å². The number of amides is 1. The molecule has 136 valence electrons. The molecule has 7 nitrogen and oxygen atoms in total. The summed E-state index contributed by atoms with van der Waals surface area (Å²) in [5.74, 6) is 0.749. The first-order valence-corrected chi connectivity index (χ1v) is 9.58. The number of carbonyl (C=O) groups is 1. The molecule has 4 N–H and O–H groups in total. The molecule has 2 aromatic heterocycles. The molecule has 5 rings (SSSR count). The largest absolute Gasteiger partial charge is 0.366 e. The van der Waals surface area contributed by atoms with Gasteiger partial charge in [-0.05, 0) is 37.3 Å². The minimum Gasteiger partial charge on any atom is -0.366 e. The van der Waals surface area contributed by atoms with Gasteiger partial charge in [0.1, 0.15) is 5.82 Å². The number of nitrogens with two attached hydrogens (primary N) is 1. The number of pyridine rings is 1. The second kappa shape index (κ2) is 6.09. The van der Waals surface area contributed by atoms with Crippen molar-refractivity contribution in [2.24, 2.45) is 5.73 Å². The second-order valence-corrected chi connectivity index (χ2v) is 7.71. The smallest absolute Gasteiger partial charge is 0.254 e. The topological polar surface area (TPSA) is 97.9 Å². The van der Waals surface area contributed by atoms with E-state index in [9.17, 15) is 4.79 Å². The fourth-order valence-corrected chi connectivity index (χ4v) is 4.07. The van der Waals surface area contributed by atoms with Crippen LogP contribution in [0.4, 0.5) is 5.82 Å². The predicted molar refractivity (Wildman–Crippen MR) is 98.8 cm³/mol. The van der Waals surface area contributed by atoms with Gasteiger partial charge < -0.3 is 16.4 Å². The van der Waals surface area contributed by atoms with E-state index in [4.69, 9.17) is 10.7 Å². The molecule has 26 heavy (non-hydrogen) atoms. The summed E-state index contributed by atoms with van der Waals surface area (Å²) in [5.41, 5.74) is 9.58. The van der Waals surface area contributed by atoms with Crippen LogP contribution in [0.25, 0.3) is 11.3 Å². The van der Waals surface area contributed by atoms with Crippen molar-refractivity contribution < 1.29 is 4.79 Å². The highest BCUT2D eigenvalue weighted by Gasteiger charge is 2.29. The van der Waals surface area contributed by atoms with Gasteiger partial charge in [-0.2, -0.15) is 5.10 Å². The molecule has 0 radical (unpaired) electrons. The van der Waals surface area contributed by atoms with Gasteiger partial charge in [0, 0.05) is 30.4 Å². The zero-order chi connectivity index (χ0) is 17.7. The van der Waals surface area contributed by atoms with Gasteiger partial charge in [-0.15, -0.1) is 0 Å². The molecule has 1 amide bonds. The molecular formula is C19H24N6O. The lowest BCUT2D eigenvalue weighted by atomic mass is 9.91. The second-order valence-electron chi connectivity index (χ2n) is 7.71. The van der Waals surface area contributed by atoms with E-state index in [2.05, 4.69) is 15.7 Å². The van der Waals surface area contributed by atoms with Crippen LogP contribution in [-0.4, -0.2) is 32.8 Å². The highest BCUT2D eigenvalue weighted by Crippen LogP contribution is 2.36. The summed E-state index contributed by atoms with van der Waals surface area (Å²) < 4.78 is 1.99. The Morgan fingerprint density at radius 2 is 2.08 bits per heavy atom. The third kappa shape index (κ3) is 2.76. The SMILES string of the molecule is N[C@H]1CCCC[C@H]1Nc1cc2c(c(-c3cnn(C4CC4)c3)n1)C(=O)NC2. The average Bonchev–Trinajstić information content (AvgIpc) is 3.26. The maximum atomic E-state index is 12.3. The first-order chi connectivity index (χ1) is 12.7. The minimum absolute atomic E-state index is 0.0532. The number of fused-ring (bicyclic) bond motifs is 1. The molecule has 3 heterocycles. The Morgan fingerprint density at radius 1 is 1.23 bits per heavy atom. The fourth-order valence-electron chi connectivity index (χ4n) is 4.07. The van der Waals surface area contributed by atoms with Crippen molar-refractivity contribution in [3.63, 3.8) is 0 Å². The molecule has 2 saturated carbocycles. The van der Waals surface area contributed by atoms with Gasteiger partial charge in [-0.1, -0.05) is 12.8 Å². The quantitative estimate of drug-likeness (QED) is 0.784. The summed E-state index contributed by atoms with van der Waals surface area (Å²) >= 11 is 0. The average molecular weight is 352 g/mol. The van der Waals surface area contributed by atoms with E-state index in [1.165, 1.54) is 25.7 Å². The first-order valence-electron chi connectivity index (χ1n) is 9.58. The number of hydrogen-bond donors (Lipinski definition) is 3. The zero-order valence-corrected chi connectivity index (χ0v) is 14.7. The third-order valence-electron chi connectivity index (χ3n) is 5.72. The fraction of sp³-hybridized carbons (Fsp3) is 0.526. The lowest BCUT2D eigenvalue weighted by Crippen LogP contribution is -2.42. The van der Waals surface area contributed by atoms with Gasteiger partial charge in [0.05, 0.1) is 23.5 Å². The molecule has 0 unspecified atom stereocenters. The van der Waals surface area contributed by atoms with Gasteiger partial charge >= 0.3 is 0 Å². The van der Waals surface area contributed by atoms with Crippen LogP contribution in [0.15, 0.2) is 18.5 Å². The summed E-state index contributed by atoms with van der Waals surface area (Å²) in [5, 5.41) is 10.9. The number of hydrogen-bond acceptors (Lipinski definition) is 5. The van der Waals surface area contributed by atoms with Crippen LogP contribution in [0.3, 0.4) is 0 Å². The molecule has 0 spiro atoms. The first kappa shape index (κ1) is 15.8. The highest BCUT2D eigenvalue weighted by molar-refractivity contribution is 6.04. The number of aromatic nitrogens is 3.